The molecule has 1 N–H and O–H groups in total. The third-order valence-corrected chi connectivity index (χ3v) is 5.41. The number of aliphatic hydroxyl groups is 1. The van der Waals surface area contributed by atoms with Gasteiger partial charge in [0.15, 0.2) is 0 Å². The summed E-state index contributed by atoms with van der Waals surface area (Å²) in [7, 11) is -2.20. The van der Waals surface area contributed by atoms with Gasteiger partial charge >= 0.3 is 0 Å². The molecule has 0 atom stereocenters. The third kappa shape index (κ3) is 3.22. The summed E-state index contributed by atoms with van der Waals surface area (Å²) in [5.74, 6) is 0.730. The van der Waals surface area contributed by atoms with Crippen molar-refractivity contribution in [2.24, 2.45) is 0 Å². The molecule has 0 bridgehead atoms. The molecule has 0 saturated heterocycles. The molecule has 0 aromatic carbocycles. The topological polar surface area (TPSA) is 80.0 Å². The molecular weight excluding hydrogens is 282 g/mol. The van der Waals surface area contributed by atoms with Gasteiger partial charge in [0.25, 0.3) is 0 Å². The Morgan fingerprint density at radius 3 is 2.35 bits per heavy atom. The number of ether oxygens (including phenoxy) is 1. The molecule has 116 valence electrons. The van der Waals surface area contributed by atoms with Crippen molar-refractivity contribution in [1.29, 1.82) is 0 Å². The van der Waals surface area contributed by atoms with Gasteiger partial charge in [-0.05, 0) is 27.7 Å². The molecule has 0 amide bonds. The quantitative estimate of drug-likeness (QED) is 0.824. The molecule has 0 fully saturated rings. The van der Waals surface area contributed by atoms with Crippen LogP contribution in [0.3, 0.4) is 0 Å². The monoisotopic (exact) mass is 305 g/mol. The molecular formula is C13H23NO5S. The summed E-state index contributed by atoms with van der Waals surface area (Å²) in [6.07, 6.45) is 0. The van der Waals surface area contributed by atoms with E-state index in [9.17, 15) is 13.5 Å². The fourth-order valence-corrected chi connectivity index (χ4v) is 4.21. The van der Waals surface area contributed by atoms with Crippen molar-refractivity contribution in [2.75, 3.05) is 20.3 Å². The van der Waals surface area contributed by atoms with Gasteiger partial charge in [-0.3, -0.25) is 0 Å². The van der Waals surface area contributed by atoms with Crippen molar-refractivity contribution in [2.45, 2.75) is 45.2 Å². The smallest absolute Gasteiger partial charge is 0.247 e. The molecule has 0 radical (unpaired) electrons. The summed E-state index contributed by atoms with van der Waals surface area (Å²) in [5.41, 5.74) is 0.325. The molecule has 20 heavy (non-hydrogen) atoms. The van der Waals surface area contributed by atoms with Crippen molar-refractivity contribution < 1.29 is 22.7 Å². The molecule has 0 aliphatic rings. The molecule has 0 unspecified atom stereocenters. The van der Waals surface area contributed by atoms with Crippen molar-refractivity contribution in [1.82, 2.24) is 4.31 Å². The zero-order chi connectivity index (χ0) is 15.5. The van der Waals surface area contributed by atoms with Crippen molar-refractivity contribution in [3.63, 3.8) is 0 Å². The van der Waals surface area contributed by atoms with Gasteiger partial charge in [-0.15, -0.1) is 0 Å². The highest BCUT2D eigenvalue weighted by molar-refractivity contribution is 7.89. The van der Waals surface area contributed by atoms with Crippen LogP contribution in [0.1, 0.15) is 30.9 Å². The first-order chi connectivity index (χ1) is 9.27. The van der Waals surface area contributed by atoms with Crippen molar-refractivity contribution >= 4 is 10.0 Å². The Bertz CT molecular complexity index is 547. The lowest BCUT2D eigenvalue weighted by atomic mass is 10.2. The normalized spacial score (nSPS) is 12.6. The highest BCUT2D eigenvalue weighted by atomic mass is 32.2. The third-order valence-electron chi connectivity index (χ3n) is 3.14. The maximum atomic E-state index is 12.8. The second-order valence-corrected chi connectivity index (χ2v) is 6.71. The fourth-order valence-electron chi connectivity index (χ4n) is 2.18. The van der Waals surface area contributed by atoms with Gasteiger partial charge in [0, 0.05) is 25.3 Å². The summed E-state index contributed by atoms with van der Waals surface area (Å²) < 4.78 is 37.3. The zero-order valence-electron chi connectivity index (χ0n) is 12.6. The van der Waals surface area contributed by atoms with E-state index in [1.165, 1.54) is 11.4 Å². The summed E-state index contributed by atoms with van der Waals surface area (Å²) >= 11 is 0. The molecule has 1 rings (SSSR count). The summed E-state index contributed by atoms with van der Waals surface area (Å²) in [5, 5.41) is 9.40. The maximum absolute atomic E-state index is 12.8. The number of nitrogens with zero attached hydrogens (tertiary/aromatic N) is 1. The molecule has 0 aliphatic carbocycles. The Morgan fingerprint density at radius 2 is 1.90 bits per heavy atom. The number of methoxy groups -OCH3 is 1. The highest BCUT2D eigenvalue weighted by Gasteiger charge is 2.33. The summed E-state index contributed by atoms with van der Waals surface area (Å²) in [6.45, 7) is 7.03. The van der Waals surface area contributed by atoms with Crippen molar-refractivity contribution in [3.8, 4) is 0 Å². The van der Waals surface area contributed by atoms with E-state index in [4.69, 9.17) is 9.15 Å². The molecule has 0 spiro atoms. The minimum Gasteiger partial charge on any atom is -0.465 e. The molecule has 6 nitrogen and oxygen atoms in total. The van der Waals surface area contributed by atoms with E-state index in [-0.39, 0.29) is 24.1 Å². The zero-order valence-corrected chi connectivity index (χ0v) is 13.5. The van der Waals surface area contributed by atoms with Crippen LogP contribution in [-0.2, 0) is 21.4 Å². The van der Waals surface area contributed by atoms with Crippen LogP contribution in [0.4, 0.5) is 0 Å². The maximum Gasteiger partial charge on any atom is 0.247 e. The largest absolute Gasteiger partial charge is 0.465 e. The molecule has 1 aromatic heterocycles. The number of hydrogen-bond acceptors (Lipinski definition) is 5. The first-order valence-corrected chi connectivity index (χ1v) is 7.91. The molecule has 7 heteroatoms. The molecule has 1 aromatic rings. The predicted molar refractivity (Wildman–Crippen MR) is 75.0 cm³/mol. The van der Waals surface area contributed by atoms with Crippen LogP contribution < -0.4 is 0 Å². The van der Waals surface area contributed by atoms with E-state index >= 15 is 0 Å². The van der Waals surface area contributed by atoms with Crippen LogP contribution >= 0.6 is 0 Å². The first kappa shape index (κ1) is 17.2. The van der Waals surface area contributed by atoms with Gasteiger partial charge in [0.05, 0.1) is 13.2 Å². The van der Waals surface area contributed by atoms with Crippen molar-refractivity contribution in [3.05, 3.63) is 17.1 Å². The number of rotatable bonds is 7. The Kier molecular flexibility index (Phi) is 5.76. The molecule has 0 aliphatic heterocycles. The SMILES string of the molecule is COCCN(C(C)C)S(=O)(=O)c1c(C)oc(C)c1CO. The molecule has 1 heterocycles. The number of hydrogen-bond donors (Lipinski definition) is 1. The Labute approximate surface area is 120 Å². The summed E-state index contributed by atoms with van der Waals surface area (Å²) in [4.78, 5) is 0.0716. The van der Waals surface area contributed by atoms with Gasteiger partial charge in [0.2, 0.25) is 10.0 Å². The lowest BCUT2D eigenvalue weighted by Crippen LogP contribution is -2.39. The second-order valence-electron chi connectivity index (χ2n) is 4.88. The predicted octanol–water partition coefficient (Wildman–Crippen LogP) is 1.43. The highest BCUT2D eigenvalue weighted by Crippen LogP contribution is 2.30. The van der Waals surface area contributed by atoms with E-state index in [2.05, 4.69) is 0 Å². The lowest BCUT2D eigenvalue weighted by molar-refractivity contribution is 0.170. The average molecular weight is 305 g/mol. The van der Waals surface area contributed by atoms with Crippen LogP contribution in [0.25, 0.3) is 0 Å². The van der Waals surface area contributed by atoms with Gasteiger partial charge in [0.1, 0.15) is 16.4 Å². The van der Waals surface area contributed by atoms with E-state index in [1.807, 2.05) is 0 Å². The van der Waals surface area contributed by atoms with Gasteiger partial charge in [-0.25, -0.2) is 8.42 Å². The van der Waals surface area contributed by atoms with Gasteiger partial charge in [-0.1, -0.05) is 0 Å². The van der Waals surface area contributed by atoms with Crippen LogP contribution in [-0.4, -0.2) is 44.1 Å². The van der Waals surface area contributed by atoms with E-state index in [1.54, 1.807) is 27.7 Å². The number of furan rings is 1. The first-order valence-electron chi connectivity index (χ1n) is 6.47. The number of sulfonamides is 1. The standard InChI is InChI=1S/C13H23NO5S/c1-9(2)14(6-7-18-5)20(16,17)13-11(4)19-10(3)12(13)8-15/h9,15H,6-8H2,1-5H3. The van der Waals surface area contributed by atoms with Crippen LogP contribution in [0.15, 0.2) is 9.31 Å². The Balaban J connectivity index is 3.33. The van der Waals surface area contributed by atoms with Crippen LogP contribution in [0, 0.1) is 13.8 Å². The number of aryl methyl sites for hydroxylation is 2. The Hall–Kier alpha value is -0.890. The van der Waals surface area contributed by atoms with Gasteiger partial charge < -0.3 is 14.3 Å². The minimum atomic E-state index is -3.73. The fraction of sp³-hybridized carbons (Fsp3) is 0.692. The Morgan fingerprint density at radius 1 is 1.30 bits per heavy atom. The minimum absolute atomic E-state index is 0.0716. The van der Waals surface area contributed by atoms with E-state index in [0.29, 0.717) is 23.7 Å². The van der Waals surface area contributed by atoms with Crippen LogP contribution in [0.5, 0.6) is 0 Å². The van der Waals surface area contributed by atoms with E-state index in [0.717, 1.165) is 0 Å². The second kappa shape index (κ2) is 6.71. The summed E-state index contributed by atoms with van der Waals surface area (Å²) in [6, 6.07) is -0.212. The lowest BCUT2D eigenvalue weighted by Gasteiger charge is -2.25. The van der Waals surface area contributed by atoms with Gasteiger partial charge in [-0.2, -0.15) is 4.31 Å². The average Bonchev–Trinajstić information content (AvgIpc) is 2.63. The molecule has 0 saturated carbocycles. The van der Waals surface area contributed by atoms with Crippen LogP contribution in [0.2, 0.25) is 0 Å². The number of aliphatic hydroxyl groups excluding tert-OH is 1. The van der Waals surface area contributed by atoms with E-state index < -0.39 is 10.0 Å².